The fourth-order valence-corrected chi connectivity index (χ4v) is 6.63. The molecule has 0 bridgehead atoms. The van der Waals surface area contributed by atoms with E-state index in [1.807, 2.05) is 6.20 Å². The second-order valence-corrected chi connectivity index (χ2v) is 11.5. The van der Waals surface area contributed by atoms with Crippen molar-refractivity contribution in [2.45, 2.75) is 108 Å². The predicted octanol–water partition coefficient (Wildman–Crippen LogP) is 4.31. The van der Waals surface area contributed by atoms with Crippen LogP contribution >= 0.6 is 0 Å². The largest absolute Gasteiger partial charge is 0.393 e. The molecule has 5 rings (SSSR count). The second-order valence-electron chi connectivity index (χ2n) is 11.5. The number of anilines is 1. The molecular formula is C28H44N6O2. The molecule has 2 saturated heterocycles. The number of carbonyl (C=O) groups excluding carboxylic acids is 1. The molecule has 0 spiro atoms. The lowest BCUT2D eigenvalue weighted by Gasteiger charge is -2.35. The molecule has 36 heavy (non-hydrogen) atoms. The molecule has 2 N–H and O–H groups in total. The Kier molecular flexibility index (Phi) is 7.82. The van der Waals surface area contributed by atoms with Gasteiger partial charge < -0.3 is 19.9 Å². The van der Waals surface area contributed by atoms with Crippen molar-refractivity contribution in [3.8, 4) is 0 Å². The maximum Gasteiger partial charge on any atom is 0.239 e. The molecule has 1 amide bonds. The van der Waals surface area contributed by atoms with Gasteiger partial charge in [0, 0.05) is 43.0 Å². The number of aromatic nitrogens is 3. The summed E-state index contributed by atoms with van der Waals surface area (Å²) in [5.41, 5.74) is 2.34. The van der Waals surface area contributed by atoms with Crippen molar-refractivity contribution in [3.05, 3.63) is 18.0 Å². The predicted molar refractivity (Wildman–Crippen MR) is 143 cm³/mol. The van der Waals surface area contributed by atoms with E-state index in [0.717, 1.165) is 94.9 Å². The van der Waals surface area contributed by atoms with E-state index in [1.54, 1.807) is 0 Å². The molecule has 4 heterocycles. The maximum atomic E-state index is 13.1. The molecule has 0 aromatic carbocycles. The molecule has 2 aromatic rings. The van der Waals surface area contributed by atoms with E-state index in [-0.39, 0.29) is 12.1 Å². The normalized spacial score (nSPS) is 27.0. The molecule has 1 aliphatic carbocycles. The molecule has 2 aromatic heterocycles. The van der Waals surface area contributed by atoms with Gasteiger partial charge in [0.15, 0.2) is 0 Å². The van der Waals surface area contributed by atoms with Gasteiger partial charge in [0.25, 0.3) is 0 Å². The van der Waals surface area contributed by atoms with E-state index in [0.29, 0.717) is 29.9 Å². The molecule has 8 heteroatoms. The van der Waals surface area contributed by atoms with Gasteiger partial charge in [-0.2, -0.15) is 4.98 Å². The second kappa shape index (κ2) is 11.1. The molecule has 2 atom stereocenters. The minimum atomic E-state index is -0.176. The lowest BCUT2D eigenvalue weighted by molar-refractivity contribution is -0.136. The van der Waals surface area contributed by atoms with Crippen LogP contribution in [0.25, 0.3) is 11.0 Å². The topological polar surface area (TPSA) is 86.5 Å². The Labute approximate surface area is 215 Å². The smallest absolute Gasteiger partial charge is 0.239 e. The summed E-state index contributed by atoms with van der Waals surface area (Å²) in [6.07, 6.45) is 14.1. The standard InChI is InChI=1S/C28H44N6O2/c1-4-6-19(2)30-28-29-17-23-24(18-34(26(23)31-28)21-8-10-22(35)11-9-21)20-12-15-33(16-13-20)27(36)25-7-5-14-32(25)3/h17-22,25,35H,4-16H2,1-3H3,(H,29,30,31)/t19-,21-,22-,25?/m0/s1. The van der Waals surface area contributed by atoms with Crippen LogP contribution in [0.1, 0.15) is 95.6 Å². The van der Waals surface area contributed by atoms with Gasteiger partial charge >= 0.3 is 0 Å². The third-order valence-electron chi connectivity index (χ3n) is 8.81. The summed E-state index contributed by atoms with van der Waals surface area (Å²) in [6, 6.07) is 0.764. The third-order valence-corrected chi connectivity index (χ3v) is 8.81. The highest BCUT2D eigenvalue weighted by atomic mass is 16.3. The van der Waals surface area contributed by atoms with Crippen LogP contribution in [0.2, 0.25) is 0 Å². The zero-order chi connectivity index (χ0) is 25.2. The van der Waals surface area contributed by atoms with Crippen LogP contribution in [-0.2, 0) is 4.79 Å². The van der Waals surface area contributed by atoms with E-state index in [2.05, 4.69) is 46.8 Å². The number of likely N-dealkylation sites (tertiary alicyclic amines) is 2. The molecule has 0 radical (unpaired) electrons. The molecule has 3 fully saturated rings. The zero-order valence-electron chi connectivity index (χ0n) is 22.3. The zero-order valence-corrected chi connectivity index (χ0v) is 22.3. The Bertz CT molecular complexity index is 1040. The highest BCUT2D eigenvalue weighted by Gasteiger charge is 2.34. The van der Waals surface area contributed by atoms with Crippen molar-refractivity contribution in [1.29, 1.82) is 0 Å². The van der Waals surface area contributed by atoms with E-state index < -0.39 is 0 Å². The number of rotatable bonds is 7. The first-order valence-corrected chi connectivity index (χ1v) is 14.3. The van der Waals surface area contributed by atoms with E-state index >= 15 is 0 Å². The number of nitrogens with one attached hydrogen (secondary N) is 1. The molecule has 2 aliphatic heterocycles. The van der Waals surface area contributed by atoms with Crippen LogP contribution in [-0.4, -0.2) is 80.2 Å². The number of carbonyl (C=O) groups is 1. The highest BCUT2D eigenvalue weighted by molar-refractivity contribution is 5.83. The van der Waals surface area contributed by atoms with Gasteiger partial charge in [0.05, 0.1) is 12.1 Å². The monoisotopic (exact) mass is 496 g/mol. The number of amides is 1. The number of aliphatic hydroxyl groups excluding tert-OH is 1. The van der Waals surface area contributed by atoms with Gasteiger partial charge in [0.1, 0.15) is 5.65 Å². The first kappa shape index (κ1) is 25.5. The fraction of sp³-hybridized carbons (Fsp3) is 0.750. The van der Waals surface area contributed by atoms with Crippen LogP contribution in [0.5, 0.6) is 0 Å². The van der Waals surface area contributed by atoms with Crippen LogP contribution in [0, 0.1) is 0 Å². The Morgan fingerprint density at radius 2 is 1.89 bits per heavy atom. The van der Waals surface area contributed by atoms with Crippen molar-refractivity contribution >= 4 is 22.9 Å². The van der Waals surface area contributed by atoms with Gasteiger partial charge in [0.2, 0.25) is 11.9 Å². The number of fused-ring (bicyclic) bond motifs is 1. The van der Waals surface area contributed by atoms with Crippen molar-refractivity contribution in [1.82, 2.24) is 24.3 Å². The van der Waals surface area contributed by atoms with Crippen molar-refractivity contribution < 1.29 is 9.90 Å². The summed E-state index contributed by atoms with van der Waals surface area (Å²) in [7, 11) is 2.08. The Morgan fingerprint density at radius 3 is 2.56 bits per heavy atom. The molecule has 1 saturated carbocycles. The average Bonchev–Trinajstić information content (AvgIpc) is 3.48. The molecule has 198 valence electrons. The lowest BCUT2D eigenvalue weighted by atomic mass is 9.89. The van der Waals surface area contributed by atoms with E-state index in [4.69, 9.17) is 9.97 Å². The number of hydrogen-bond acceptors (Lipinski definition) is 6. The summed E-state index contributed by atoms with van der Waals surface area (Å²) in [6.45, 7) is 7.06. The summed E-state index contributed by atoms with van der Waals surface area (Å²) in [5.74, 6) is 1.43. The maximum absolute atomic E-state index is 13.1. The SMILES string of the molecule is CCC[C@H](C)Nc1ncc2c(C3CCN(C(=O)C4CCCN4C)CC3)cn([C@H]3CC[C@H](O)CC3)c2n1. The number of hydrogen-bond donors (Lipinski definition) is 2. The van der Waals surface area contributed by atoms with E-state index in [1.165, 1.54) is 5.56 Å². The van der Waals surface area contributed by atoms with Gasteiger partial charge in [-0.25, -0.2) is 4.98 Å². The average molecular weight is 497 g/mol. The number of piperidine rings is 1. The van der Waals surface area contributed by atoms with Crippen LogP contribution in [0.15, 0.2) is 12.4 Å². The quantitative estimate of drug-likeness (QED) is 0.594. The number of nitrogens with zero attached hydrogens (tertiary/aromatic N) is 5. The first-order chi connectivity index (χ1) is 17.4. The summed E-state index contributed by atoms with van der Waals surface area (Å²) in [4.78, 5) is 27.2. The van der Waals surface area contributed by atoms with Gasteiger partial charge in [-0.05, 0) is 89.8 Å². The van der Waals surface area contributed by atoms with Crippen LogP contribution in [0.3, 0.4) is 0 Å². The minimum absolute atomic E-state index is 0.0690. The summed E-state index contributed by atoms with van der Waals surface area (Å²) >= 11 is 0. The van der Waals surface area contributed by atoms with Gasteiger partial charge in [-0.15, -0.1) is 0 Å². The van der Waals surface area contributed by atoms with Crippen LogP contribution in [0.4, 0.5) is 5.95 Å². The molecule has 8 nitrogen and oxygen atoms in total. The Balaban J connectivity index is 1.37. The number of likely N-dealkylation sites (N-methyl/N-ethyl adjacent to an activating group) is 1. The van der Waals surface area contributed by atoms with Crippen molar-refractivity contribution in [3.63, 3.8) is 0 Å². The number of aliphatic hydroxyl groups is 1. The van der Waals surface area contributed by atoms with Gasteiger partial charge in [-0.1, -0.05) is 13.3 Å². The highest BCUT2D eigenvalue weighted by Crippen LogP contribution is 2.38. The van der Waals surface area contributed by atoms with Crippen molar-refractivity contribution in [2.24, 2.45) is 0 Å². The lowest BCUT2D eigenvalue weighted by Crippen LogP contribution is -2.47. The van der Waals surface area contributed by atoms with E-state index in [9.17, 15) is 9.90 Å². The molecule has 3 aliphatic rings. The first-order valence-electron chi connectivity index (χ1n) is 14.3. The molecule has 1 unspecified atom stereocenters. The Morgan fingerprint density at radius 1 is 1.14 bits per heavy atom. The summed E-state index contributed by atoms with van der Waals surface area (Å²) in [5, 5.41) is 14.7. The minimum Gasteiger partial charge on any atom is -0.393 e. The Hall–Kier alpha value is -2.19. The third kappa shape index (κ3) is 5.25. The fourth-order valence-electron chi connectivity index (χ4n) is 6.63. The molecular weight excluding hydrogens is 452 g/mol. The van der Waals surface area contributed by atoms with Crippen LogP contribution < -0.4 is 5.32 Å². The van der Waals surface area contributed by atoms with Gasteiger partial charge in [-0.3, -0.25) is 9.69 Å². The van der Waals surface area contributed by atoms with Crippen molar-refractivity contribution in [2.75, 3.05) is 32.0 Å². The summed E-state index contributed by atoms with van der Waals surface area (Å²) < 4.78 is 2.37.